The number of benzene rings is 1. The van der Waals surface area contributed by atoms with Gasteiger partial charge in [0.15, 0.2) is 10.6 Å². The smallest absolute Gasteiger partial charge is 0.238 e. The molecule has 178 valence electrons. The van der Waals surface area contributed by atoms with Gasteiger partial charge in [0.1, 0.15) is 0 Å². The van der Waals surface area contributed by atoms with E-state index >= 15 is 0 Å². The molecule has 1 aliphatic heterocycles. The van der Waals surface area contributed by atoms with Crippen molar-refractivity contribution < 1.29 is 4.79 Å². The topological polar surface area (TPSA) is 71.2 Å². The SMILES string of the molecule is CCc1ccccc1NC(=O)CN1CCN(Cn2nc(-c3ccncc3)n(C3CC3)c2=S)CC1. The van der Waals surface area contributed by atoms with E-state index < -0.39 is 0 Å². The Morgan fingerprint density at radius 1 is 1.06 bits per heavy atom. The van der Waals surface area contributed by atoms with Crippen LogP contribution in [0.5, 0.6) is 0 Å². The summed E-state index contributed by atoms with van der Waals surface area (Å²) < 4.78 is 4.94. The highest BCUT2D eigenvalue weighted by Gasteiger charge is 2.29. The second-order valence-electron chi connectivity index (χ2n) is 9.04. The quantitative estimate of drug-likeness (QED) is 0.500. The number of aryl methyl sites for hydroxylation is 1. The molecule has 9 heteroatoms. The minimum atomic E-state index is 0.0433. The predicted molar refractivity (Wildman–Crippen MR) is 135 cm³/mol. The van der Waals surface area contributed by atoms with E-state index in [4.69, 9.17) is 17.3 Å². The molecule has 1 amide bonds. The van der Waals surface area contributed by atoms with Crippen molar-refractivity contribution in [3.8, 4) is 11.4 Å². The maximum absolute atomic E-state index is 12.6. The van der Waals surface area contributed by atoms with Crippen LogP contribution in [0.3, 0.4) is 0 Å². The number of piperazine rings is 1. The Hall–Kier alpha value is -2.88. The molecule has 0 radical (unpaired) electrons. The molecule has 2 fully saturated rings. The molecule has 1 saturated carbocycles. The van der Waals surface area contributed by atoms with Gasteiger partial charge in [-0.25, -0.2) is 4.68 Å². The Bertz CT molecular complexity index is 1190. The normalized spacial score (nSPS) is 17.1. The Morgan fingerprint density at radius 2 is 1.76 bits per heavy atom. The van der Waals surface area contributed by atoms with Crippen molar-refractivity contribution in [1.29, 1.82) is 0 Å². The van der Waals surface area contributed by atoms with Gasteiger partial charge in [-0.15, -0.1) is 0 Å². The van der Waals surface area contributed by atoms with E-state index in [0.717, 1.165) is 72.9 Å². The summed E-state index contributed by atoms with van der Waals surface area (Å²) in [6.45, 7) is 6.62. The zero-order chi connectivity index (χ0) is 23.5. The number of carbonyl (C=O) groups excluding carboxylic acids is 1. The summed E-state index contributed by atoms with van der Waals surface area (Å²) in [5.74, 6) is 0.972. The molecule has 0 bridgehead atoms. The largest absolute Gasteiger partial charge is 0.325 e. The standard InChI is InChI=1S/C25H31N7OS/c1-2-19-5-3-4-6-22(19)27-23(33)17-29-13-15-30(16-14-29)18-31-25(34)32(21-7-8-21)24(28-31)20-9-11-26-12-10-20/h3-6,9-12,21H,2,7-8,13-18H2,1H3,(H,27,33). The fourth-order valence-corrected chi connectivity index (χ4v) is 4.83. The summed E-state index contributed by atoms with van der Waals surface area (Å²) >= 11 is 5.82. The first-order valence-electron chi connectivity index (χ1n) is 12.0. The molecule has 8 nitrogen and oxygen atoms in total. The number of carbonyl (C=O) groups is 1. The minimum absolute atomic E-state index is 0.0433. The molecule has 34 heavy (non-hydrogen) atoms. The van der Waals surface area contributed by atoms with Crippen LogP contribution >= 0.6 is 12.2 Å². The second kappa shape index (κ2) is 10.2. The number of aromatic nitrogens is 4. The number of nitrogens with one attached hydrogen (secondary N) is 1. The molecule has 0 spiro atoms. The number of hydrogen-bond acceptors (Lipinski definition) is 6. The lowest BCUT2D eigenvalue weighted by Crippen LogP contribution is -2.49. The third-order valence-electron chi connectivity index (χ3n) is 6.56. The molecule has 0 unspecified atom stereocenters. The van der Waals surface area contributed by atoms with Gasteiger partial charge >= 0.3 is 0 Å². The number of pyridine rings is 1. The number of para-hydroxylation sites is 1. The third-order valence-corrected chi connectivity index (χ3v) is 6.97. The molecular weight excluding hydrogens is 446 g/mol. The van der Waals surface area contributed by atoms with Crippen molar-refractivity contribution in [3.63, 3.8) is 0 Å². The van der Waals surface area contributed by atoms with Crippen molar-refractivity contribution in [2.45, 2.75) is 38.9 Å². The van der Waals surface area contributed by atoms with Crippen LogP contribution in [0.4, 0.5) is 5.69 Å². The lowest BCUT2D eigenvalue weighted by Gasteiger charge is -2.34. The van der Waals surface area contributed by atoms with E-state index in [2.05, 4.69) is 37.7 Å². The number of anilines is 1. The summed E-state index contributed by atoms with van der Waals surface area (Å²) in [4.78, 5) is 21.3. The zero-order valence-electron chi connectivity index (χ0n) is 19.6. The van der Waals surface area contributed by atoms with Crippen molar-refractivity contribution in [2.24, 2.45) is 0 Å². The number of nitrogens with zero attached hydrogens (tertiary/aromatic N) is 6. The summed E-state index contributed by atoms with van der Waals surface area (Å²) in [6, 6.07) is 12.4. The molecule has 1 aliphatic carbocycles. The maximum atomic E-state index is 12.6. The van der Waals surface area contributed by atoms with Gasteiger partial charge in [-0.1, -0.05) is 25.1 Å². The van der Waals surface area contributed by atoms with Gasteiger partial charge in [-0.2, -0.15) is 5.10 Å². The van der Waals surface area contributed by atoms with Crippen LogP contribution < -0.4 is 5.32 Å². The summed E-state index contributed by atoms with van der Waals surface area (Å²) in [5, 5.41) is 7.97. The van der Waals surface area contributed by atoms with Crippen LogP contribution in [-0.4, -0.2) is 67.8 Å². The first-order valence-corrected chi connectivity index (χ1v) is 12.5. The van der Waals surface area contributed by atoms with Gasteiger partial charge in [0.2, 0.25) is 5.91 Å². The molecule has 1 N–H and O–H groups in total. The summed E-state index contributed by atoms with van der Waals surface area (Å²) in [7, 11) is 0. The van der Waals surface area contributed by atoms with Crippen LogP contribution in [0.2, 0.25) is 0 Å². The van der Waals surface area contributed by atoms with Gasteiger partial charge in [0.05, 0.1) is 13.2 Å². The Morgan fingerprint density at radius 3 is 2.47 bits per heavy atom. The number of rotatable bonds is 8. The van der Waals surface area contributed by atoms with Gasteiger partial charge < -0.3 is 5.32 Å². The monoisotopic (exact) mass is 477 g/mol. The lowest BCUT2D eigenvalue weighted by molar-refractivity contribution is -0.117. The molecule has 5 rings (SSSR count). The summed E-state index contributed by atoms with van der Waals surface area (Å²) in [5.41, 5.74) is 3.13. The lowest BCUT2D eigenvalue weighted by atomic mass is 10.1. The van der Waals surface area contributed by atoms with E-state index in [9.17, 15) is 4.79 Å². The van der Waals surface area contributed by atoms with Crippen molar-refractivity contribution >= 4 is 23.8 Å². The molecule has 0 atom stereocenters. The zero-order valence-corrected chi connectivity index (χ0v) is 20.4. The van der Waals surface area contributed by atoms with Crippen LogP contribution in [0.15, 0.2) is 48.8 Å². The average Bonchev–Trinajstić information content (AvgIpc) is 3.65. The number of hydrogen-bond donors (Lipinski definition) is 1. The van der Waals surface area contributed by atoms with Crippen LogP contribution in [0, 0.1) is 4.77 Å². The fraction of sp³-hybridized carbons (Fsp3) is 0.440. The molecule has 2 aliphatic rings. The van der Waals surface area contributed by atoms with Crippen LogP contribution in [-0.2, 0) is 17.9 Å². The minimum Gasteiger partial charge on any atom is -0.325 e. The molecule has 3 aromatic rings. The van der Waals surface area contributed by atoms with Gasteiger partial charge in [0.25, 0.3) is 0 Å². The summed E-state index contributed by atoms with van der Waals surface area (Å²) in [6.07, 6.45) is 6.80. The van der Waals surface area contributed by atoms with Crippen molar-refractivity contribution in [1.82, 2.24) is 29.1 Å². The predicted octanol–water partition coefficient (Wildman–Crippen LogP) is 3.59. The van der Waals surface area contributed by atoms with E-state index in [1.54, 1.807) is 12.4 Å². The van der Waals surface area contributed by atoms with Crippen LogP contribution in [0.1, 0.15) is 31.4 Å². The molecule has 1 saturated heterocycles. The molecule has 2 aromatic heterocycles. The highest BCUT2D eigenvalue weighted by molar-refractivity contribution is 7.71. The van der Waals surface area contributed by atoms with Gasteiger partial charge in [0, 0.05) is 55.9 Å². The fourth-order valence-electron chi connectivity index (χ4n) is 4.49. The highest BCUT2D eigenvalue weighted by atomic mass is 32.1. The van der Waals surface area contributed by atoms with E-state index in [1.165, 1.54) is 0 Å². The first-order chi connectivity index (χ1) is 16.6. The first kappa shape index (κ1) is 22.9. The third kappa shape index (κ3) is 5.11. The van der Waals surface area contributed by atoms with E-state index in [0.29, 0.717) is 19.3 Å². The highest BCUT2D eigenvalue weighted by Crippen LogP contribution is 2.38. The second-order valence-corrected chi connectivity index (χ2v) is 9.40. The van der Waals surface area contributed by atoms with Crippen molar-refractivity contribution in [3.05, 3.63) is 59.1 Å². The molecule has 1 aromatic carbocycles. The molecule has 3 heterocycles. The Labute approximate surface area is 205 Å². The van der Waals surface area contributed by atoms with Crippen molar-refractivity contribution in [2.75, 3.05) is 38.0 Å². The average molecular weight is 478 g/mol. The number of amides is 1. The van der Waals surface area contributed by atoms with Gasteiger partial charge in [-0.3, -0.25) is 24.1 Å². The maximum Gasteiger partial charge on any atom is 0.238 e. The van der Waals surface area contributed by atoms with Gasteiger partial charge in [-0.05, 0) is 55.2 Å². The Kier molecular flexibility index (Phi) is 6.85. The van der Waals surface area contributed by atoms with Crippen LogP contribution in [0.25, 0.3) is 11.4 Å². The Balaban J connectivity index is 1.18. The van der Waals surface area contributed by atoms with E-state index in [1.807, 2.05) is 35.0 Å². The van der Waals surface area contributed by atoms with E-state index in [-0.39, 0.29) is 5.91 Å². The molecular formula is C25H31N7OS.